The molecular weight excluding hydrogens is 210 g/mol. The maximum atomic E-state index is 4.73. The van der Waals surface area contributed by atoms with E-state index >= 15 is 0 Å². The minimum atomic E-state index is 0.676. The van der Waals surface area contributed by atoms with Gasteiger partial charge in [-0.05, 0) is 45.2 Å². The minimum absolute atomic E-state index is 0.676. The van der Waals surface area contributed by atoms with Crippen molar-refractivity contribution in [3.63, 3.8) is 0 Å². The third-order valence-electron chi connectivity index (χ3n) is 4.35. The van der Waals surface area contributed by atoms with Gasteiger partial charge in [0, 0.05) is 30.9 Å². The molecule has 2 aliphatic rings. The van der Waals surface area contributed by atoms with E-state index in [-0.39, 0.29) is 0 Å². The van der Waals surface area contributed by atoms with Gasteiger partial charge < -0.3 is 9.47 Å². The van der Waals surface area contributed by atoms with Crippen LogP contribution < -0.4 is 0 Å². The number of likely N-dealkylation sites (tertiary alicyclic amines) is 1. The Bertz CT molecular complexity index is 383. The van der Waals surface area contributed by atoms with Crippen molar-refractivity contribution in [1.82, 2.24) is 14.5 Å². The first-order chi connectivity index (χ1) is 8.38. The molecule has 1 aromatic heterocycles. The van der Waals surface area contributed by atoms with Gasteiger partial charge in [0.05, 0.1) is 0 Å². The summed E-state index contributed by atoms with van der Waals surface area (Å²) in [4.78, 5) is 7.29. The normalized spacial score (nSPS) is 25.8. The maximum absolute atomic E-state index is 4.73. The smallest absolute Gasteiger partial charge is 0.113 e. The van der Waals surface area contributed by atoms with E-state index in [4.69, 9.17) is 4.98 Å². The van der Waals surface area contributed by atoms with E-state index in [0.29, 0.717) is 5.92 Å². The highest BCUT2D eigenvalue weighted by molar-refractivity contribution is 5.12. The van der Waals surface area contributed by atoms with Crippen molar-refractivity contribution in [3.8, 4) is 0 Å². The quantitative estimate of drug-likeness (QED) is 0.782. The molecule has 17 heavy (non-hydrogen) atoms. The van der Waals surface area contributed by atoms with Gasteiger partial charge in [0.1, 0.15) is 5.82 Å². The monoisotopic (exact) mass is 233 g/mol. The second-order valence-electron chi connectivity index (χ2n) is 5.45. The average Bonchev–Trinajstić information content (AvgIpc) is 2.82. The number of likely N-dealkylation sites (N-methyl/N-ethyl adjacent to an activating group) is 1. The van der Waals surface area contributed by atoms with Crippen LogP contribution in [0.1, 0.15) is 50.0 Å². The van der Waals surface area contributed by atoms with Crippen molar-refractivity contribution in [2.75, 3.05) is 19.6 Å². The zero-order valence-corrected chi connectivity index (χ0v) is 10.9. The summed E-state index contributed by atoms with van der Waals surface area (Å²) < 4.78 is 2.51. The van der Waals surface area contributed by atoms with Gasteiger partial charge in [0.25, 0.3) is 0 Å². The Balaban J connectivity index is 1.81. The summed E-state index contributed by atoms with van der Waals surface area (Å²) in [7, 11) is 0. The van der Waals surface area contributed by atoms with Crippen LogP contribution in [0.2, 0.25) is 0 Å². The molecule has 0 aliphatic carbocycles. The lowest BCUT2D eigenvalue weighted by Crippen LogP contribution is -2.35. The molecule has 1 fully saturated rings. The molecule has 2 aliphatic heterocycles. The van der Waals surface area contributed by atoms with Crippen LogP contribution in [0, 0.1) is 0 Å². The molecule has 1 aromatic rings. The largest absolute Gasteiger partial charge is 0.332 e. The maximum Gasteiger partial charge on any atom is 0.113 e. The molecule has 1 saturated heterocycles. The molecule has 0 N–H and O–H groups in total. The van der Waals surface area contributed by atoms with Crippen LogP contribution in [-0.2, 0) is 13.0 Å². The molecule has 0 radical (unpaired) electrons. The third kappa shape index (κ3) is 2.13. The summed E-state index contributed by atoms with van der Waals surface area (Å²) in [5.74, 6) is 2.05. The van der Waals surface area contributed by atoms with E-state index in [1.54, 1.807) is 0 Å². The van der Waals surface area contributed by atoms with Crippen LogP contribution in [-0.4, -0.2) is 34.1 Å². The Morgan fingerprint density at radius 3 is 3.12 bits per heavy atom. The molecule has 3 heteroatoms. The van der Waals surface area contributed by atoms with Crippen LogP contribution in [0.15, 0.2) is 6.20 Å². The minimum Gasteiger partial charge on any atom is -0.332 e. The molecule has 0 aromatic carbocycles. The standard InChI is InChI=1S/C14H23N3/c1-2-16-8-5-6-12(11-16)14-15-10-13-7-3-4-9-17(13)14/h10,12H,2-9,11H2,1H3. The average molecular weight is 233 g/mol. The Hall–Kier alpha value is -0.830. The Morgan fingerprint density at radius 1 is 1.29 bits per heavy atom. The lowest BCUT2D eigenvalue weighted by molar-refractivity contribution is 0.211. The molecule has 94 valence electrons. The van der Waals surface area contributed by atoms with Crippen molar-refractivity contribution in [3.05, 3.63) is 17.7 Å². The summed E-state index contributed by atoms with van der Waals surface area (Å²) in [6.45, 7) is 7.15. The topological polar surface area (TPSA) is 21.1 Å². The van der Waals surface area contributed by atoms with Crippen molar-refractivity contribution in [2.24, 2.45) is 0 Å². The number of fused-ring (bicyclic) bond motifs is 1. The van der Waals surface area contributed by atoms with Gasteiger partial charge in [0.2, 0.25) is 0 Å². The third-order valence-corrected chi connectivity index (χ3v) is 4.35. The molecule has 3 rings (SSSR count). The van der Waals surface area contributed by atoms with Gasteiger partial charge in [-0.25, -0.2) is 4.98 Å². The van der Waals surface area contributed by atoms with E-state index in [9.17, 15) is 0 Å². The van der Waals surface area contributed by atoms with Crippen LogP contribution in [0.25, 0.3) is 0 Å². The Labute approximate surface area is 104 Å². The van der Waals surface area contributed by atoms with Crippen LogP contribution in [0.3, 0.4) is 0 Å². The zero-order valence-electron chi connectivity index (χ0n) is 10.9. The second kappa shape index (κ2) is 4.81. The fourth-order valence-corrected chi connectivity index (χ4v) is 3.34. The number of rotatable bonds is 2. The number of piperidine rings is 1. The van der Waals surface area contributed by atoms with E-state index in [0.717, 1.165) is 0 Å². The first-order valence-electron chi connectivity index (χ1n) is 7.15. The van der Waals surface area contributed by atoms with Crippen molar-refractivity contribution in [1.29, 1.82) is 0 Å². The highest BCUT2D eigenvalue weighted by Gasteiger charge is 2.25. The molecular formula is C14H23N3. The van der Waals surface area contributed by atoms with Gasteiger partial charge in [-0.2, -0.15) is 0 Å². The molecule has 1 unspecified atom stereocenters. The highest BCUT2D eigenvalue weighted by atomic mass is 15.2. The summed E-state index contributed by atoms with van der Waals surface area (Å²) in [6.07, 6.45) is 8.70. The van der Waals surface area contributed by atoms with Gasteiger partial charge >= 0.3 is 0 Å². The fourth-order valence-electron chi connectivity index (χ4n) is 3.34. The first-order valence-corrected chi connectivity index (χ1v) is 7.15. The molecule has 0 bridgehead atoms. The molecule has 0 saturated carbocycles. The van der Waals surface area contributed by atoms with Crippen LogP contribution in [0.4, 0.5) is 0 Å². The highest BCUT2D eigenvalue weighted by Crippen LogP contribution is 2.28. The molecule has 0 spiro atoms. The van der Waals surface area contributed by atoms with Gasteiger partial charge in [-0.1, -0.05) is 6.92 Å². The van der Waals surface area contributed by atoms with E-state index < -0.39 is 0 Å². The van der Waals surface area contributed by atoms with Crippen LogP contribution >= 0.6 is 0 Å². The predicted molar refractivity (Wildman–Crippen MR) is 69.3 cm³/mol. The number of hydrogen-bond acceptors (Lipinski definition) is 2. The summed E-state index contributed by atoms with van der Waals surface area (Å²) >= 11 is 0. The summed E-state index contributed by atoms with van der Waals surface area (Å²) in [6, 6.07) is 0. The number of aryl methyl sites for hydroxylation is 1. The van der Waals surface area contributed by atoms with Crippen molar-refractivity contribution < 1.29 is 0 Å². The molecule has 1 atom stereocenters. The molecule has 3 heterocycles. The summed E-state index contributed by atoms with van der Waals surface area (Å²) in [5, 5.41) is 0. The zero-order chi connectivity index (χ0) is 11.7. The van der Waals surface area contributed by atoms with E-state index in [1.165, 1.54) is 69.8 Å². The van der Waals surface area contributed by atoms with E-state index in [1.807, 2.05) is 0 Å². The second-order valence-corrected chi connectivity index (χ2v) is 5.45. The lowest BCUT2D eigenvalue weighted by atomic mass is 9.97. The SMILES string of the molecule is CCN1CCCC(c2ncc3n2CCCC3)C1. The van der Waals surface area contributed by atoms with E-state index in [2.05, 4.69) is 22.6 Å². The number of nitrogens with zero attached hydrogens (tertiary/aromatic N) is 3. The van der Waals surface area contributed by atoms with Gasteiger partial charge in [-0.3, -0.25) is 0 Å². The van der Waals surface area contributed by atoms with Crippen LogP contribution in [0.5, 0.6) is 0 Å². The van der Waals surface area contributed by atoms with Gasteiger partial charge in [0.15, 0.2) is 0 Å². The lowest BCUT2D eigenvalue weighted by Gasteiger charge is -2.32. The van der Waals surface area contributed by atoms with Gasteiger partial charge in [-0.15, -0.1) is 0 Å². The predicted octanol–water partition coefficient (Wildman–Crippen LogP) is 2.42. The molecule has 3 nitrogen and oxygen atoms in total. The summed E-state index contributed by atoms with van der Waals surface area (Å²) in [5.41, 5.74) is 1.47. The Kier molecular flexibility index (Phi) is 3.19. The number of aromatic nitrogens is 2. The van der Waals surface area contributed by atoms with Crippen molar-refractivity contribution in [2.45, 2.75) is 51.5 Å². The first kappa shape index (κ1) is 11.3. The number of hydrogen-bond donors (Lipinski definition) is 0. The number of imidazole rings is 1. The van der Waals surface area contributed by atoms with Crippen molar-refractivity contribution >= 4 is 0 Å². The fraction of sp³-hybridized carbons (Fsp3) is 0.786. The Morgan fingerprint density at radius 2 is 2.24 bits per heavy atom. The molecule has 0 amide bonds.